The summed E-state index contributed by atoms with van der Waals surface area (Å²) in [4.78, 5) is 23.0. The van der Waals surface area contributed by atoms with E-state index in [1.54, 1.807) is 6.08 Å². The second-order valence-corrected chi connectivity index (χ2v) is 17.2. The number of phosphoric ester groups is 1. The van der Waals surface area contributed by atoms with Crippen LogP contribution in [0.15, 0.2) is 24.3 Å². The Balaban J connectivity index is 4.48. The number of phosphoric acid groups is 1. The van der Waals surface area contributed by atoms with Crippen molar-refractivity contribution in [1.82, 2.24) is 5.32 Å². The van der Waals surface area contributed by atoms with Gasteiger partial charge in [-0.3, -0.25) is 13.8 Å². The number of amides is 1. The molecule has 3 unspecified atom stereocenters. The summed E-state index contributed by atoms with van der Waals surface area (Å²) in [5, 5.41) is 13.8. The molecule has 0 radical (unpaired) electrons. The van der Waals surface area contributed by atoms with Gasteiger partial charge < -0.3 is 19.8 Å². The van der Waals surface area contributed by atoms with E-state index in [-0.39, 0.29) is 19.1 Å². The number of nitrogens with zero attached hydrogens (tertiary/aromatic N) is 1. The van der Waals surface area contributed by atoms with E-state index in [2.05, 4.69) is 31.3 Å². The Morgan fingerprint density at radius 1 is 0.647 bits per heavy atom. The van der Waals surface area contributed by atoms with E-state index in [0.717, 1.165) is 51.4 Å². The van der Waals surface area contributed by atoms with Crippen LogP contribution in [0.5, 0.6) is 0 Å². The van der Waals surface area contributed by atoms with Gasteiger partial charge in [0.25, 0.3) is 0 Å². The normalized spacial score (nSPS) is 14.7. The molecule has 8 nitrogen and oxygen atoms in total. The van der Waals surface area contributed by atoms with Gasteiger partial charge in [-0.2, -0.15) is 0 Å². The van der Waals surface area contributed by atoms with Gasteiger partial charge in [0.2, 0.25) is 5.91 Å². The van der Waals surface area contributed by atoms with Crippen LogP contribution in [0.4, 0.5) is 0 Å². The summed E-state index contributed by atoms with van der Waals surface area (Å²) in [7, 11) is 1.57. The lowest BCUT2D eigenvalue weighted by atomic mass is 10.0. The largest absolute Gasteiger partial charge is 0.472 e. The van der Waals surface area contributed by atoms with Gasteiger partial charge in [0.15, 0.2) is 0 Å². The zero-order chi connectivity index (χ0) is 37.9. The Kier molecular flexibility index (Phi) is 34.0. The lowest BCUT2D eigenvalue weighted by molar-refractivity contribution is -0.870. The minimum Gasteiger partial charge on any atom is -0.387 e. The SMILES string of the molecule is CCCCCC/C=C\CCCCCCCC(=O)NC(COP(=O)(O)OCC[N+](C)(C)C)C(O)/C=C/CCCCCCCCCCCCCCCC. The molecule has 0 aromatic heterocycles. The molecule has 1 amide bonds. The Labute approximate surface area is 315 Å². The van der Waals surface area contributed by atoms with Crippen molar-refractivity contribution in [3.05, 3.63) is 24.3 Å². The van der Waals surface area contributed by atoms with Crippen LogP contribution in [0.3, 0.4) is 0 Å². The fourth-order valence-electron chi connectivity index (χ4n) is 5.98. The summed E-state index contributed by atoms with van der Waals surface area (Å²) in [5.74, 6) is -0.187. The first-order valence-electron chi connectivity index (χ1n) is 21.2. The highest BCUT2D eigenvalue weighted by molar-refractivity contribution is 7.47. The molecule has 0 rings (SSSR count). The Bertz CT molecular complexity index is 891. The van der Waals surface area contributed by atoms with Gasteiger partial charge in [-0.25, -0.2) is 4.57 Å². The first-order valence-corrected chi connectivity index (χ1v) is 22.7. The number of carbonyl (C=O) groups is 1. The monoisotopic (exact) mass is 744 g/mol. The van der Waals surface area contributed by atoms with Crippen molar-refractivity contribution in [2.45, 2.75) is 199 Å². The van der Waals surface area contributed by atoms with Gasteiger partial charge >= 0.3 is 7.82 Å². The molecule has 0 aromatic carbocycles. The highest BCUT2D eigenvalue weighted by atomic mass is 31.2. The van der Waals surface area contributed by atoms with Crippen LogP contribution in [-0.4, -0.2) is 73.4 Å². The van der Waals surface area contributed by atoms with Crippen molar-refractivity contribution in [3.63, 3.8) is 0 Å². The molecular weight excluding hydrogens is 659 g/mol. The molecule has 9 heteroatoms. The Morgan fingerprint density at radius 3 is 1.53 bits per heavy atom. The predicted molar refractivity (Wildman–Crippen MR) is 217 cm³/mol. The van der Waals surface area contributed by atoms with Crippen molar-refractivity contribution in [3.8, 4) is 0 Å². The van der Waals surface area contributed by atoms with E-state index >= 15 is 0 Å². The number of unbranched alkanes of at least 4 members (excludes halogenated alkanes) is 23. The third-order valence-electron chi connectivity index (χ3n) is 9.42. The highest BCUT2D eigenvalue weighted by Crippen LogP contribution is 2.43. The van der Waals surface area contributed by atoms with Crippen molar-refractivity contribution < 1.29 is 32.9 Å². The molecule has 0 aliphatic rings. The fourth-order valence-corrected chi connectivity index (χ4v) is 6.71. The number of aliphatic hydroxyl groups excluding tert-OH is 1. The van der Waals surface area contributed by atoms with Crippen LogP contribution in [0, 0.1) is 0 Å². The summed E-state index contributed by atoms with van der Waals surface area (Å²) >= 11 is 0. The number of aliphatic hydroxyl groups is 1. The minimum atomic E-state index is -4.33. The van der Waals surface area contributed by atoms with E-state index < -0.39 is 20.0 Å². The first-order chi connectivity index (χ1) is 24.5. The molecule has 0 spiro atoms. The quantitative estimate of drug-likeness (QED) is 0.0252. The average Bonchev–Trinajstić information content (AvgIpc) is 3.07. The zero-order valence-corrected chi connectivity index (χ0v) is 35.0. The number of hydrogen-bond acceptors (Lipinski definition) is 5. The molecule has 3 atom stereocenters. The lowest BCUT2D eigenvalue weighted by Gasteiger charge is -2.25. The third kappa shape index (κ3) is 37.1. The Morgan fingerprint density at radius 2 is 1.06 bits per heavy atom. The third-order valence-corrected chi connectivity index (χ3v) is 10.4. The summed E-state index contributed by atoms with van der Waals surface area (Å²) < 4.78 is 23.5. The zero-order valence-electron chi connectivity index (χ0n) is 34.1. The standard InChI is InChI=1S/C42H83N2O6P/c1-6-8-10-12-14-16-18-20-21-22-24-25-27-29-31-33-35-41(45)40(39-50-51(47,48)49-38-37-44(3,4)5)43-42(46)36-34-32-30-28-26-23-19-17-15-13-11-9-7-2/h17,19,33,35,40-41,45H,6-16,18,20-32,34,36-39H2,1-5H3,(H-,43,46,47,48)/p+1/b19-17-,35-33+. The lowest BCUT2D eigenvalue weighted by Crippen LogP contribution is -2.45. The van der Waals surface area contributed by atoms with Crippen LogP contribution in [-0.2, 0) is 18.4 Å². The molecule has 0 fully saturated rings. The average molecular weight is 744 g/mol. The minimum absolute atomic E-state index is 0.0608. The topological polar surface area (TPSA) is 105 Å². The maximum absolute atomic E-state index is 12.8. The maximum Gasteiger partial charge on any atom is 0.472 e. The molecule has 0 aromatic rings. The number of likely N-dealkylation sites (N-methyl/N-ethyl adjacent to an activating group) is 1. The van der Waals surface area contributed by atoms with Gasteiger partial charge in [0, 0.05) is 6.42 Å². The van der Waals surface area contributed by atoms with Gasteiger partial charge in [-0.15, -0.1) is 0 Å². The van der Waals surface area contributed by atoms with E-state index in [1.165, 1.54) is 116 Å². The van der Waals surface area contributed by atoms with Crippen molar-refractivity contribution in [1.29, 1.82) is 0 Å². The maximum atomic E-state index is 12.8. The number of rotatable bonds is 38. The fraction of sp³-hybridized carbons (Fsp3) is 0.881. The number of nitrogens with one attached hydrogen (secondary N) is 1. The molecule has 0 saturated carbocycles. The number of hydrogen-bond donors (Lipinski definition) is 3. The molecule has 0 aliphatic carbocycles. The van der Waals surface area contributed by atoms with Gasteiger partial charge in [0.05, 0.1) is 39.9 Å². The van der Waals surface area contributed by atoms with Crippen molar-refractivity contribution in [2.75, 3.05) is 40.9 Å². The second-order valence-electron chi connectivity index (χ2n) is 15.7. The van der Waals surface area contributed by atoms with Gasteiger partial charge in [-0.1, -0.05) is 160 Å². The smallest absolute Gasteiger partial charge is 0.387 e. The van der Waals surface area contributed by atoms with Crippen LogP contribution in [0.25, 0.3) is 0 Å². The van der Waals surface area contributed by atoms with Gasteiger partial charge in [0.1, 0.15) is 13.2 Å². The second kappa shape index (κ2) is 34.7. The molecule has 0 saturated heterocycles. The van der Waals surface area contributed by atoms with Crippen LogP contribution >= 0.6 is 7.82 Å². The van der Waals surface area contributed by atoms with Gasteiger partial charge in [-0.05, 0) is 44.9 Å². The molecule has 302 valence electrons. The van der Waals surface area contributed by atoms with Crippen LogP contribution in [0.1, 0.15) is 187 Å². The number of allylic oxidation sites excluding steroid dienone is 3. The van der Waals surface area contributed by atoms with Crippen molar-refractivity contribution >= 4 is 13.7 Å². The molecule has 0 heterocycles. The molecular formula is C42H84N2O6P+. The summed E-state index contributed by atoms with van der Waals surface area (Å²) in [6.07, 6.45) is 39.5. The van der Waals surface area contributed by atoms with E-state index in [1.807, 2.05) is 27.2 Å². The number of quaternary nitrogens is 1. The molecule has 51 heavy (non-hydrogen) atoms. The molecule has 3 N–H and O–H groups in total. The first kappa shape index (κ1) is 50.0. The highest BCUT2D eigenvalue weighted by Gasteiger charge is 2.27. The predicted octanol–water partition coefficient (Wildman–Crippen LogP) is 11.4. The summed E-state index contributed by atoms with van der Waals surface area (Å²) in [6.45, 7) is 4.78. The molecule has 0 bridgehead atoms. The van der Waals surface area contributed by atoms with E-state index in [4.69, 9.17) is 9.05 Å². The summed E-state index contributed by atoms with van der Waals surface area (Å²) in [5.41, 5.74) is 0. The molecule has 0 aliphatic heterocycles. The van der Waals surface area contributed by atoms with Crippen LogP contribution < -0.4 is 5.32 Å². The summed E-state index contributed by atoms with van der Waals surface area (Å²) in [6, 6.07) is -0.846. The number of carbonyl (C=O) groups excluding carboxylic acids is 1. The Hall–Kier alpha value is -1.02. The van der Waals surface area contributed by atoms with E-state index in [0.29, 0.717) is 17.4 Å². The van der Waals surface area contributed by atoms with Crippen LogP contribution in [0.2, 0.25) is 0 Å². The van der Waals surface area contributed by atoms with Crippen molar-refractivity contribution in [2.24, 2.45) is 0 Å². The van der Waals surface area contributed by atoms with E-state index in [9.17, 15) is 19.4 Å².